The van der Waals surface area contributed by atoms with E-state index in [4.69, 9.17) is 4.74 Å². The maximum absolute atomic E-state index is 12.8. The number of hydrogen-bond acceptors (Lipinski definition) is 4. The monoisotopic (exact) mass is 408 g/mol. The lowest BCUT2D eigenvalue weighted by atomic mass is 10.0. The fraction of sp³-hybridized carbons (Fsp3) is 0.0870. The average molecular weight is 408 g/mol. The maximum Gasteiger partial charge on any atom is 0.416 e. The molecule has 0 radical (unpaired) electrons. The summed E-state index contributed by atoms with van der Waals surface area (Å²) >= 11 is 0. The molecule has 0 bridgehead atoms. The van der Waals surface area contributed by atoms with Crippen LogP contribution in [0.1, 0.15) is 21.5 Å². The van der Waals surface area contributed by atoms with Gasteiger partial charge in [0.1, 0.15) is 11.5 Å². The summed E-state index contributed by atoms with van der Waals surface area (Å²) < 4.78 is 44.3. The second-order valence-corrected chi connectivity index (χ2v) is 6.63. The molecule has 4 aromatic rings. The summed E-state index contributed by atoms with van der Waals surface area (Å²) in [7, 11) is 0. The molecule has 150 valence electrons. The van der Waals surface area contributed by atoms with Crippen LogP contribution in [0.25, 0.3) is 11.0 Å². The molecule has 30 heavy (non-hydrogen) atoms. The van der Waals surface area contributed by atoms with Crippen molar-refractivity contribution in [3.8, 4) is 11.5 Å². The van der Waals surface area contributed by atoms with Crippen molar-refractivity contribution in [2.24, 2.45) is 0 Å². The number of aromatic nitrogens is 2. The van der Waals surface area contributed by atoms with E-state index in [0.717, 1.165) is 17.6 Å². The van der Waals surface area contributed by atoms with Crippen LogP contribution in [0.2, 0.25) is 0 Å². The number of carbonyl (C=O) groups is 1. The van der Waals surface area contributed by atoms with E-state index in [1.807, 2.05) is 0 Å². The minimum atomic E-state index is -4.48. The van der Waals surface area contributed by atoms with Gasteiger partial charge in [0.05, 0.1) is 16.6 Å². The largest absolute Gasteiger partial charge is 0.457 e. The zero-order chi connectivity index (χ0) is 21.1. The van der Waals surface area contributed by atoms with E-state index in [9.17, 15) is 18.0 Å². The molecule has 4 rings (SSSR count). The number of fused-ring (bicyclic) bond motifs is 1. The first-order chi connectivity index (χ1) is 14.4. The summed E-state index contributed by atoms with van der Waals surface area (Å²) in [5, 5.41) is 0. The third kappa shape index (κ3) is 4.46. The Morgan fingerprint density at radius 1 is 0.833 bits per heavy atom. The molecule has 1 heterocycles. The summed E-state index contributed by atoms with van der Waals surface area (Å²) in [4.78, 5) is 20.8. The van der Waals surface area contributed by atoms with Gasteiger partial charge >= 0.3 is 6.18 Å². The minimum absolute atomic E-state index is 0.00679. The number of halogens is 3. The van der Waals surface area contributed by atoms with Gasteiger partial charge in [0, 0.05) is 30.4 Å². The van der Waals surface area contributed by atoms with Gasteiger partial charge < -0.3 is 4.74 Å². The molecule has 0 unspecified atom stereocenters. The fourth-order valence-electron chi connectivity index (χ4n) is 2.97. The van der Waals surface area contributed by atoms with Crippen molar-refractivity contribution in [3.63, 3.8) is 0 Å². The number of alkyl halides is 3. The molecular weight excluding hydrogens is 393 g/mol. The molecule has 4 nitrogen and oxygen atoms in total. The van der Waals surface area contributed by atoms with Crippen molar-refractivity contribution in [2.45, 2.75) is 12.6 Å². The number of carbonyl (C=O) groups excluding carboxylic acids is 1. The van der Waals surface area contributed by atoms with Crippen LogP contribution in [0.4, 0.5) is 13.2 Å². The Balaban J connectivity index is 1.45. The normalized spacial score (nSPS) is 11.4. The molecule has 0 fully saturated rings. The molecule has 0 N–H and O–H groups in total. The van der Waals surface area contributed by atoms with Crippen LogP contribution in [0.15, 0.2) is 79.1 Å². The van der Waals surface area contributed by atoms with Gasteiger partial charge in [-0.2, -0.15) is 13.2 Å². The molecule has 0 aliphatic heterocycles. The number of ether oxygens (including phenoxy) is 1. The molecule has 0 aliphatic carbocycles. The van der Waals surface area contributed by atoms with Crippen LogP contribution in [0.3, 0.4) is 0 Å². The molecule has 0 spiro atoms. The van der Waals surface area contributed by atoms with E-state index in [-0.39, 0.29) is 17.8 Å². The Labute approximate surface area is 170 Å². The van der Waals surface area contributed by atoms with Gasteiger partial charge in [0.25, 0.3) is 0 Å². The smallest absolute Gasteiger partial charge is 0.416 e. The summed E-state index contributed by atoms with van der Waals surface area (Å²) in [6.07, 6.45) is -1.28. The van der Waals surface area contributed by atoms with Crippen LogP contribution in [0, 0.1) is 0 Å². The standard InChI is InChI=1S/C23H15F3N2O2/c24-23(25,26)17-3-1-2-16(13-17)22(29)12-15-4-6-18(7-5-15)30-19-8-9-20-21(14-19)28-11-10-27-20/h1-11,13-14H,12H2. The van der Waals surface area contributed by atoms with E-state index in [2.05, 4.69) is 9.97 Å². The van der Waals surface area contributed by atoms with Crippen LogP contribution < -0.4 is 4.74 Å². The third-order valence-electron chi connectivity index (χ3n) is 4.48. The Kier molecular flexibility index (Phi) is 5.18. The van der Waals surface area contributed by atoms with E-state index < -0.39 is 11.7 Å². The second-order valence-electron chi connectivity index (χ2n) is 6.63. The molecule has 7 heteroatoms. The Bertz CT molecular complexity index is 1200. The highest BCUT2D eigenvalue weighted by molar-refractivity contribution is 5.97. The van der Waals surface area contributed by atoms with Gasteiger partial charge in [-0.25, -0.2) is 0 Å². The van der Waals surface area contributed by atoms with E-state index in [1.54, 1.807) is 54.9 Å². The first-order valence-electron chi connectivity index (χ1n) is 9.06. The molecule has 3 aromatic carbocycles. The van der Waals surface area contributed by atoms with Gasteiger partial charge in [-0.3, -0.25) is 14.8 Å². The Morgan fingerprint density at radius 3 is 2.27 bits per heavy atom. The quantitative estimate of drug-likeness (QED) is 0.388. The van der Waals surface area contributed by atoms with Crippen molar-refractivity contribution >= 4 is 16.8 Å². The SMILES string of the molecule is O=C(Cc1ccc(Oc2ccc3nccnc3c2)cc1)c1cccc(C(F)(F)F)c1. The van der Waals surface area contributed by atoms with Crippen LogP contribution in [-0.2, 0) is 12.6 Å². The molecule has 0 saturated heterocycles. The summed E-state index contributed by atoms with van der Waals surface area (Å²) in [6.45, 7) is 0. The van der Waals surface area contributed by atoms with Gasteiger partial charge in [0.2, 0.25) is 0 Å². The molecule has 0 amide bonds. The Morgan fingerprint density at radius 2 is 1.53 bits per heavy atom. The van der Waals surface area contributed by atoms with E-state index in [0.29, 0.717) is 22.6 Å². The summed E-state index contributed by atoms with van der Waals surface area (Å²) in [5.41, 5.74) is 1.33. The predicted molar refractivity (Wildman–Crippen MR) is 106 cm³/mol. The van der Waals surface area contributed by atoms with Gasteiger partial charge in [-0.05, 0) is 42.0 Å². The summed E-state index contributed by atoms with van der Waals surface area (Å²) in [5.74, 6) is 0.771. The highest BCUT2D eigenvalue weighted by Gasteiger charge is 2.30. The third-order valence-corrected chi connectivity index (χ3v) is 4.48. The number of Topliss-reactive ketones (excluding diaryl/α,β-unsaturated/α-hetero) is 1. The van der Waals surface area contributed by atoms with Crippen molar-refractivity contribution < 1.29 is 22.7 Å². The maximum atomic E-state index is 12.8. The number of benzene rings is 3. The van der Waals surface area contributed by atoms with Crippen molar-refractivity contribution in [1.82, 2.24) is 9.97 Å². The average Bonchev–Trinajstić information content (AvgIpc) is 2.74. The molecule has 0 aliphatic rings. The van der Waals surface area contributed by atoms with Crippen LogP contribution in [-0.4, -0.2) is 15.8 Å². The van der Waals surface area contributed by atoms with Gasteiger partial charge in [-0.15, -0.1) is 0 Å². The van der Waals surface area contributed by atoms with Gasteiger partial charge in [0.15, 0.2) is 5.78 Å². The second kappa shape index (κ2) is 7.94. The van der Waals surface area contributed by atoms with Crippen LogP contribution in [0.5, 0.6) is 11.5 Å². The number of nitrogens with zero attached hydrogens (tertiary/aromatic N) is 2. The lowest BCUT2D eigenvalue weighted by Crippen LogP contribution is -2.09. The molecule has 1 aromatic heterocycles. The minimum Gasteiger partial charge on any atom is -0.457 e. The predicted octanol–water partition coefficient (Wildman–Crippen LogP) is 5.87. The highest BCUT2D eigenvalue weighted by Crippen LogP contribution is 2.30. The lowest BCUT2D eigenvalue weighted by molar-refractivity contribution is -0.137. The molecule has 0 saturated carbocycles. The molecular formula is C23H15F3N2O2. The fourth-order valence-corrected chi connectivity index (χ4v) is 2.97. The zero-order valence-electron chi connectivity index (χ0n) is 15.6. The first-order valence-corrected chi connectivity index (χ1v) is 9.06. The zero-order valence-corrected chi connectivity index (χ0v) is 15.6. The van der Waals surface area contributed by atoms with Crippen LogP contribution >= 0.6 is 0 Å². The molecule has 0 atom stereocenters. The van der Waals surface area contributed by atoms with Crippen molar-refractivity contribution in [1.29, 1.82) is 0 Å². The van der Waals surface area contributed by atoms with Gasteiger partial charge in [-0.1, -0.05) is 24.3 Å². The van der Waals surface area contributed by atoms with E-state index >= 15 is 0 Å². The number of rotatable bonds is 5. The van der Waals surface area contributed by atoms with Crippen molar-refractivity contribution in [3.05, 3.63) is 95.8 Å². The highest BCUT2D eigenvalue weighted by atomic mass is 19.4. The number of ketones is 1. The number of hydrogen-bond donors (Lipinski definition) is 0. The first kappa shape index (κ1) is 19.6. The van der Waals surface area contributed by atoms with E-state index in [1.165, 1.54) is 12.1 Å². The lowest BCUT2D eigenvalue weighted by Gasteiger charge is -2.09. The topological polar surface area (TPSA) is 52.1 Å². The summed E-state index contributed by atoms with van der Waals surface area (Å²) in [6, 6.07) is 16.6. The Hall–Kier alpha value is -3.74. The van der Waals surface area contributed by atoms with Crippen molar-refractivity contribution in [2.75, 3.05) is 0 Å².